The zero-order valence-electron chi connectivity index (χ0n) is 10.2. The molecule has 0 saturated carbocycles. The van der Waals surface area contributed by atoms with Gasteiger partial charge < -0.3 is 15.4 Å². The van der Waals surface area contributed by atoms with Crippen LogP contribution < -0.4 is 10.6 Å². The number of nitrogens with one attached hydrogen (secondary N) is 2. The average molecular weight is 226 g/mol. The Hall–Kier alpha value is -0.610. The van der Waals surface area contributed by atoms with Crippen LogP contribution in [0, 0.1) is 17.3 Å². The van der Waals surface area contributed by atoms with Gasteiger partial charge in [-0.15, -0.1) is 0 Å². The Morgan fingerprint density at radius 1 is 1.62 bits per heavy atom. The molecule has 2 heterocycles. The molecule has 0 aromatic rings. The van der Waals surface area contributed by atoms with Gasteiger partial charge in [-0.25, -0.2) is 0 Å². The molecule has 0 aromatic carbocycles. The van der Waals surface area contributed by atoms with Gasteiger partial charge in [-0.2, -0.15) is 0 Å². The van der Waals surface area contributed by atoms with Crippen LogP contribution in [-0.2, 0) is 9.53 Å². The lowest BCUT2D eigenvalue weighted by Crippen LogP contribution is -2.52. The number of hydrogen-bond acceptors (Lipinski definition) is 3. The van der Waals surface area contributed by atoms with Crippen molar-refractivity contribution in [3.63, 3.8) is 0 Å². The molecule has 2 atom stereocenters. The minimum absolute atomic E-state index is 0.177. The molecule has 0 bridgehead atoms. The summed E-state index contributed by atoms with van der Waals surface area (Å²) in [5.74, 6) is 1.13. The Labute approximate surface area is 97.1 Å². The van der Waals surface area contributed by atoms with Crippen molar-refractivity contribution in [1.29, 1.82) is 0 Å². The predicted octanol–water partition coefficient (Wildman–Crippen LogP) is 0.385. The van der Waals surface area contributed by atoms with Crippen LogP contribution in [-0.4, -0.2) is 38.8 Å². The summed E-state index contributed by atoms with van der Waals surface area (Å²) in [6, 6.07) is 0. The molecule has 0 radical (unpaired) electrons. The van der Waals surface area contributed by atoms with Crippen molar-refractivity contribution < 1.29 is 9.53 Å². The van der Waals surface area contributed by atoms with E-state index in [4.69, 9.17) is 4.74 Å². The molecule has 2 aliphatic rings. The standard InChI is InChI=1S/C12H22N2O2/c1-9(2)5-14-11(15)12-7-13-6-10(12)3-4-16-8-12/h9-10,13H,3-8H2,1-2H3,(H,14,15)/t10-,12+/m1/s1. The molecule has 92 valence electrons. The van der Waals surface area contributed by atoms with Crippen molar-refractivity contribution in [2.24, 2.45) is 17.3 Å². The molecule has 0 aromatic heterocycles. The Morgan fingerprint density at radius 3 is 3.19 bits per heavy atom. The van der Waals surface area contributed by atoms with E-state index >= 15 is 0 Å². The van der Waals surface area contributed by atoms with E-state index in [1.54, 1.807) is 0 Å². The van der Waals surface area contributed by atoms with Crippen molar-refractivity contribution in [1.82, 2.24) is 10.6 Å². The number of hydrogen-bond donors (Lipinski definition) is 2. The Balaban J connectivity index is 2.01. The van der Waals surface area contributed by atoms with Crippen LogP contribution in [0.1, 0.15) is 20.3 Å². The molecule has 4 nitrogen and oxygen atoms in total. The highest BCUT2D eigenvalue weighted by atomic mass is 16.5. The van der Waals surface area contributed by atoms with E-state index in [-0.39, 0.29) is 11.3 Å². The van der Waals surface area contributed by atoms with E-state index in [1.165, 1.54) is 0 Å². The summed E-state index contributed by atoms with van der Waals surface area (Å²) < 4.78 is 5.51. The SMILES string of the molecule is CC(C)CNC(=O)[C@]12CNC[C@H]1CCOC2. The molecule has 0 unspecified atom stereocenters. The number of carbonyl (C=O) groups is 1. The number of carbonyl (C=O) groups excluding carboxylic acids is 1. The third kappa shape index (κ3) is 2.09. The van der Waals surface area contributed by atoms with Gasteiger partial charge >= 0.3 is 0 Å². The van der Waals surface area contributed by atoms with Gasteiger partial charge in [-0.3, -0.25) is 4.79 Å². The van der Waals surface area contributed by atoms with Crippen LogP contribution in [0.25, 0.3) is 0 Å². The van der Waals surface area contributed by atoms with Gasteiger partial charge in [-0.05, 0) is 24.8 Å². The summed E-state index contributed by atoms with van der Waals surface area (Å²) in [6.45, 7) is 8.08. The molecule has 4 heteroatoms. The fourth-order valence-corrected chi connectivity index (χ4v) is 2.64. The maximum absolute atomic E-state index is 12.3. The van der Waals surface area contributed by atoms with Crippen molar-refractivity contribution in [2.45, 2.75) is 20.3 Å². The Kier molecular flexibility index (Phi) is 3.50. The van der Waals surface area contributed by atoms with Crippen LogP contribution >= 0.6 is 0 Å². The van der Waals surface area contributed by atoms with E-state index in [9.17, 15) is 4.79 Å². The van der Waals surface area contributed by atoms with E-state index in [0.29, 0.717) is 18.4 Å². The van der Waals surface area contributed by atoms with E-state index in [1.807, 2.05) is 0 Å². The van der Waals surface area contributed by atoms with E-state index in [2.05, 4.69) is 24.5 Å². The highest BCUT2D eigenvalue weighted by Gasteiger charge is 2.50. The summed E-state index contributed by atoms with van der Waals surface area (Å²) in [6.07, 6.45) is 1.00. The first-order valence-corrected chi connectivity index (χ1v) is 6.22. The van der Waals surface area contributed by atoms with Crippen LogP contribution in [0.4, 0.5) is 0 Å². The monoisotopic (exact) mass is 226 g/mol. The van der Waals surface area contributed by atoms with Crippen LogP contribution in [0.15, 0.2) is 0 Å². The number of ether oxygens (including phenoxy) is 1. The first-order valence-electron chi connectivity index (χ1n) is 6.22. The summed E-state index contributed by atoms with van der Waals surface area (Å²) >= 11 is 0. The minimum atomic E-state index is -0.298. The highest BCUT2D eigenvalue weighted by molar-refractivity contribution is 5.84. The zero-order chi connectivity index (χ0) is 11.6. The zero-order valence-corrected chi connectivity index (χ0v) is 10.2. The lowest BCUT2D eigenvalue weighted by Gasteiger charge is -2.36. The molecule has 2 fully saturated rings. The summed E-state index contributed by atoms with van der Waals surface area (Å²) in [5.41, 5.74) is -0.298. The van der Waals surface area contributed by atoms with Gasteiger partial charge in [0.25, 0.3) is 0 Å². The quantitative estimate of drug-likeness (QED) is 0.731. The van der Waals surface area contributed by atoms with Gasteiger partial charge in [0, 0.05) is 19.7 Å². The second-order valence-corrected chi connectivity index (χ2v) is 5.43. The third-order valence-corrected chi connectivity index (χ3v) is 3.71. The predicted molar refractivity (Wildman–Crippen MR) is 62.1 cm³/mol. The number of amides is 1. The van der Waals surface area contributed by atoms with E-state index in [0.717, 1.165) is 32.7 Å². The molecule has 2 aliphatic heterocycles. The van der Waals surface area contributed by atoms with Crippen LogP contribution in [0.3, 0.4) is 0 Å². The fourth-order valence-electron chi connectivity index (χ4n) is 2.64. The molecular formula is C12H22N2O2. The maximum Gasteiger partial charge on any atom is 0.230 e. The molecule has 2 N–H and O–H groups in total. The molecule has 1 amide bonds. The largest absolute Gasteiger partial charge is 0.380 e. The van der Waals surface area contributed by atoms with Gasteiger partial charge in [-0.1, -0.05) is 13.8 Å². The van der Waals surface area contributed by atoms with E-state index < -0.39 is 0 Å². The smallest absolute Gasteiger partial charge is 0.230 e. The molecule has 16 heavy (non-hydrogen) atoms. The second kappa shape index (κ2) is 4.72. The lowest BCUT2D eigenvalue weighted by atomic mass is 9.75. The summed E-state index contributed by atoms with van der Waals surface area (Å²) in [4.78, 5) is 12.3. The molecule has 0 aliphatic carbocycles. The number of fused-ring (bicyclic) bond motifs is 1. The van der Waals surface area contributed by atoms with Gasteiger partial charge in [0.15, 0.2) is 0 Å². The molecular weight excluding hydrogens is 204 g/mol. The maximum atomic E-state index is 12.3. The average Bonchev–Trinajstić information content (AvgIpc) is 2.70. The normalized spacial score (nSPS) is 33.8. The lowest BCUT2D eigenvalue weighted by molar-refractivity contribution is -0.141. The third-order valence-electron chi connectivity index (χ3n) is 3.71. The second-order valence-electron chi connectivity index (χ2n) is 5.43. The van der Waals surface area contributed by atoms with Crippen LogP contribution in [0.2, 0.25) is 0 Å². The molecule has 2 saturated heterocycles. The minimum Gasteiger partial charge on any atom is -0.380 e. The topological polar surface area (TPSA) is 50.4 Å². The Bertz CT molecular complexity index is 268. The first kappa shape index (κ1) is 11.9. The fraction of sp³-hybridized carbons (Fsp3) is 0.917. The molecule has 2 rings (SSSR count). The number of rotatable bonds is 3. The summed E-state index contributed by atoms with van der Waals surface area (Å²) in [5, 5.41) is 6.39. The van der Waals surface area contributed by atoms with Gasteiger partial charge in [0.1, 0.15) is 0 Å². The van der Waals surface area contributed by atoms with Crippen molar-refractivity contribution in [2.75, 3.05) is 32.8 Å². The first-order chi connectivity index (χ1) is 7.65. The van der Waals surface area contributed by atoms with Crippen LogP contribution in [0.5, 0.6) is 0 Å². The Morgan fingerprint density at radius 2 is 2.44 bits per heavy atom. The van der Waals surface area contributed by atoms with Crippen molar-refractivity contribution in [3.8, 4) is 0 Å². The van der Waals surface area contributed by atoms with Crippen molar-refractivity contribution >= 4 is 5.91 Å². The van der Waals surface area contributed by atoms with Crippen molar-refractivity contribution in [3.05, 3.63) is 0 Å². The highest BCUT2D eigenvalue weighted by Crippen LogP contribution is 2.37. The van der Waals surface area contributed by atoms with Gasteiger partial charge in [0.05, 0.1) is 12.0 Å². The summed E-state index contributed by atoms with van der Waals surface area (Å²) in [7, 11) is 0. The van der Waals surface area contributed by atoms with Gasteiger partial charge in [0.2, 0.25) is 5.91 Å². The molecule has 0 spiro atoms.